The van der Waals surface area contributed by atoms with Gasteiger partial charge in [-0.2, -0.15) is 0 Å². The van der Waals surface area contributed by atoms with Crippen molar-refractivity contribution in [3.8, 4) is 0 Å². The second kappa shape index (κ2) is 4.32. The molecule has 1 N–H and O–H groups in total. The van der Waals surface area contributed by atoms with Gasteiger partial charge in [-0.25, -0.2) is 0 Å². The van der Waals surface area contributed by atoms with E-state index in [1.165, 1.54) is 24.3 Å². The van der Waals surface area contributed by atoms with Gasteiger partial charge < -0.3 is 0 Å². The molecule has 1 fully saturated rings. The Morgan fingerprint density at radius 2 is 1.82 bits per heavy atom. The van der Waals surface area contributed by atoms with Crippen molar-refractivity contribution in [1.29, 1.82) is 0 Å². The first-order valence-corrected chi connectivity index (χ1v) is 5.17. The molecular formula is C11H10N2O4. The summed E-state index contributed by atoms with van der Waals surface area (Å²) in [6, 6.07) is 5.12. The van der Waals surface area contributed by atoms with Gasteiger partial charge in [-0.3, -0.25) is 25.0 Å². The molecule has 1 aliphatic rings. The smallest absolute Gasteiger partial charge is 0.269 e. The fraction of sp³-hybridized carbons (Fsp3) is 0.273. The number of rotatable bonds is 3. The fourth-order valence-electron chi connectivity index (χ4n) is 1.37. The summed E-state index contributed by atoms with van der Waals surface area (Å²) < 4.78 is 0. The maximum absolute atomic E-state index is 11.6. The van der Waals surface area contributed by atoms with Gasteiger partial charge >= 0.3 is 0 Å². The standard InChI is InChI=1S/C11H10N2O4/c14-10(7-1-2-7)12-11(15)8-3-5-9(6-4-8)13(16)17/h3-7H,1-2H2,(H,12,14,15). The summed E-state index contributed by atoms with van der Waals surface area (Å²) in [5.74, 6) is -0.831. The highest BCUT2D eigenvalue weighted by Crippen LogP contribution is 2.28. The Hall–Kier alpha value is -2.24. The second-order valence-electron chi connectivity index (χ2n) is 3.90. The summed E-state index contributed by atoms with van der Waals surface area (Å²) in [7, 11) is 0. The molecule has 0 unspecified atom stereocenters. The summed E-state index contributed by atoms with van der Waals surface area (Å²) in [6.45, 7) is 0. The first-order valence-electron chi connectivity index (χ1n) is 5.17. The van der Waals surface area contributed by atoms with Crippen LogP contribution in [0.5, 0.6) is 0 Å². The second-order valence-corrected chi connectivity index (χ2v) is 3.90. The van der Waals surface area contributed by atoms with Gasteiger partial charge in [0.15, 0.2) is 0 Å². The predicted molar refractivity (Wildman–Crippen MR) is 58.3 cm³/mol. The molecule has 6 heteroatoms. The predicted octanol–water partition coefficient (Wildman–Crippen LogP) is 1.26. The third kappa shape index (κ3) is 2.66. The Labute approximate surface area is 96.8 Å². The monoisotopic (exact) mass is 234 g/mol. The summed E-state index contributed by atoms with van der Waals surface area (Å²) in [5.41, 5.74) is 0.152. The summed E-state index contributed by atoms with van der Waals surface area (Å²) in [4.78, 5) is 32.8. The van der Waals surface area contributed by atoms with Gasteiger partial charge in [0.05, 0.1) is 4.92 Å². The number of hydrogen-bond donors (Lipinski definition) is 1. The molecule has 88 valence electrons. The van der Waals surface area contributed by atoms with Crippen molar-refractivity contribution in [2.45, 2.75) is 12.8 Å². The first kappa shape index (κ1) is 11.3. The van der Waals surface area contributed by atoms with Crippen LogP contribution in [0.1, 0.15) is 23.2 Å². The highest BCUT2D eigenvalue weighted by molar-refractivity contribution is 6.05. The average molecular weight is 234 g/mol. The van der Waals surface area contributed by atoms with Crippen LogP contribution in [0, 0.1) is 16.0 Å². The van der Waals surface area contributed by atoms with Crippen LogP contribution < -0.4 is 5.32 Å². The molecule has 1 aromatic carbocycles. The van der Waals surface area contributed by atoms with Gasteiger partial charge in [0.2, 0.25) is 5.91 Å². The number of amides is 2. The quantitative estimate of drug-likeness (QED) is 0.484. The van der Waals surface area contributed by atoms with E-state index in [2.05, 4.69) is 5.32 Å². The zero-order valence-electron chi connectivity index (χ0n) is 8.88. The minimum absolute atomic E-state index is 0.0444. The van der Waals surface area contributed by atoms with Crippen LogP contribution in [-0.4, -0.2) is 16.7 Å². The minimum Gasteiger partial charge on any atom is -0.292 e. The molecule has 6 nitrogen and oxygen atoms in total. The number of benzene rings is 1. The number of imide groups is 1. The van der Waals surface area contributed by atoms with E-state index < -0.39 is 10.8 Å². The van der Waals surface area contributed by atoms with E-state index in [9.17, 15) is 19.7 Å². The molecule has 0 aliphatic heterocycles. The number of nitrogens with zero attached hydrogens (tertiary/aromatic N) is 1. The van der Waals surface area contributed by atoms with Crippen molar-refractivity contribution >= 4 is 17.5 Å². The van der Waals surface area contributed by atoms with Crippen molar-refractivity contribution in [1.82, 2.24) is 5.32 Å². The molecule has 0 aromatic heterocycles. The van der Waals surface area contributed by atoms with E-state index in [0.29, 0.717) is 0 Å². The highest BCUT2D eigenvalue weighted by Gasteiger charge is 2.30. The number of nitrogens with one attached hydrogen (secondary N) is 1. The Kier molecular flexibility index (Phi) is 2.86. The van der Waals surface area contributed by atoms with Gasteiger partial charge in [-0.15, -0.1) is 0 Å². The third-order valence-electron chi connectivity index (χ3n) is 2.53. The third-order valence-corrected chi connectivity index (χ3v) is 2.53. The molecule has 2 rings (SSSR count). The Morgan fingerprint density at radius 3 is 2.29 bits per heavy atom. The lowest BCUT2D eigenvalue weighted by molar-refractivity contribution is -0.384. The topological polar surface area (TPSA) is 89.3 Å². The zero-order chi connectivity index (χ0) is 12.4. The van der Waals surface area contributed by atoms with E-state index in [4.69, 9.17) is 0 Å². The number of nitro groups is 1. The molecule has 1 aliphatic carbocycles. The maximum atomic E-state index is 11.6. The lowest BCUT2D eigenvalue weighted by atomic mass is 10.2. The van der Waals surface area contributed by atoms with E-state index >= 15 is 0 Å². The van der Waals surface area contributed by atoms with E-state index in [0.717, 1.165) is 12.8 Å². The molecular weight excluding hydrogens is 224 g/mol. The van der Waals surface area contributed by atoms with Crippen LogP contribution in [-0.2, 0) is 4.79 Å². The average Bonchev–Trinajstić information content (AvgIpc) is 3.12. The van der Waals surface area contributed by atoms with Crippen LogP contribution >= 0.6 is 0 Å². The largest absolute Gasteiger partial charge is 0.292 e. The highest BCUT2D eigenvalue weighted by atomic mass is 16.6. The summed E-state index contributed by atoms with van der Waals surface area (Å²) in [6.07, 6.45) is 1.64. The molecule has 17 heavy (non-hydrogen) atoms. The molecule has 0 spiro atoms. The molecule has 0 saturated heterocycles. The van der Waals surface area contributed by atoms with Crippen molar-refractivity contribution < 1.29 is 14.5 Å². The molecule has 1 aromatic rings. The number of carbonyl (C=O) groups excluding carboxylic acids is 2. The van der Waals surface area contributed by atoms with Gasteiger partial charge in [0, 0.05) is 23.6 Å². The summed E-state index contributed by atoms with van der Waals surface area (Å²) in [5, 5.41) is 12.7. The number of non-ortho nitro benzene ring substituents is 1. The number of hydrogen-bond acceptors (Lipinski definition) is 4. The SMILES string of the molecule is O=C(NC(=O)C1CC1)c1ccc([N+](=O)[O-])cc1. The molecule has 0 atom stereocenters. The molecule has 0 bridgehead atoms. The fourth-order valence-corrected chi connectivity index (χ4v) is 1.37. The molecule has 0 heterocycles. The zero-order valence-corrected chi connectivity index (χ0v) is 8.88. The number of carbonyl (C=O) groups is 2. The van der Waals surface area contributed by atoms with Crippen LogP contribution in [0.4, 0.5) is 5.69 Å². The minimum atomic E-state index is -0.545. The van der Waals surface area contributed by atoms with Crippen molar-refractivity contribution in [2.24, 2.45) is 5.92 Å². The van der Waals surface area contributed by atoms with Crippen molar-refractivity contribution in [2.75, 3.05) is 0 Å². The Morgan fingerprint density at radius 1 is 1.24 bits per heavy atom. The maximum Gasteiger partial charge on any atom is 0.269 e. The van der Waals surface area contributed by atoms with E-state index in [1.54, 1.807) is 0 Å². The molecule has 0 radical (unpaired) electrons. The van der Waals surface area contributed by atoms with Crippen LogP contribution in [0.3, 0.4) is 0 Å². The normalized spacial score (nSPS) is 14.1. The molecule has 2 amide bonds. The summed E-state index contributed by atoms with van der Waals surface area (Å²) >= 11 is 0. The van der Waals surface area contributed by atoms with Crippen molar-refractivity contribution in [3.05, 3.63) is 39.9 Å². The van der Waals surface area contributed by atoms with Crippen LogP contribution in [0.2, 0.25) is 0 Å². The Bertz CT molecular complexity index is 477. The van der Waals surface area contributed by atoms with Crippen molar-refractivity contribution in [3.63, 3.8) is 0 Å². The van der Waals surface area contributed by atoms with Crippen LogP contribution in [0.15, 0.2) is 24.3 Å². The van der Waals surface area contributed by atoms with Gasteiger partial charge in [0.25, 0.3) is 11.6 Å². The van der Waals surface area contributed by atoms with Gasteiger partial charge in [0.1, 0.15) is 0 Å². The van der Waals surface area contributed by atoms with Gasteiger partial charge in [-0.1, -0.05) is 0 Å². The van der Waals surface area contributed by atoms with E-state index in [-0.39, 0.29) is 23.1 Å². The van der Waals surface area contributed by atoms with Crippen LogP contribution in [0.25, 0.3) is 0 Å². The first-order chi connectivity index (χ1) is 8.08. The van der Waals surface area contributed by atoms with Gasteiger partial charge in [-0.05, 0) is 25.0 Å². The number of nitro benzene ring substituents is 1. The lowest BCUT2D eigenvalue weighted by Crippen LogP contribution is -2.31. The van der Waals surface area contributed by atoms with E-state index in [1.807, 2.05) is 0 Å². The Balaban J connectivity index is 2.03. The lowest BCUT2D eigenvalue weighted by Gasteiger charge is -2.02. The molecule has 1 saturated carbocycles.